The van der Waals surface area contributed by atoms with Crippen LogP contribution in [0.2, 0.25) is 0 Å². The summed E-state index contributed by atoms with van der Waals surface area (Å²) < 4.78 is 20.6. The van der Waals surface area contributed by atoms with Crippen LogP contribution >= 0.6 is 0 Å². The van der Waals surface area contributed by atoms with Crippen molar-refractivity contribution in [2.75, 3.05) is 13.2 Å². The average molecular weight is 246 g/mol. The van der Waals surface area contributed by atoms with Crippen molar-refractivity contribution in [1.29, 1.82) is 5.26 Å². The fourth-order valence-electron chi connectivity index (χ4n) is 2.29. The molecule has 1 fully saturated rings. The maximum Gasteiger partial charge on any atom is 0.143 e. The molecule has 18 heavy (non-hydrogen) atoms. The fraction of sp³-hybridized carbons (Fsp3) is 0.417. The molecule has 0 N–H and O–H groups in total. The number of benzene rings is 1. The number of halogens is 1. The number of hydrogen-bond acceptors (Lipinski definition) is 4. The van der Waals surface area contributed by atoms with Gasteiger partial charge in [0.1, 0.15) is 28.5 Å². The second-order valence-corrected chi connectivity index (χ2v) is 4.31. The molecule has 1 aliphatic rings. The van der Waals surface area contributed by atoms with E-state index >= 15 is 0 Å². The first-order valence-corrected chi connectivity index (χ1v) is 5.82. The third-order valence-corrected chi connectivity index (χ3v) is 3.18. The molecule has 0 radical (unpaired) electrons. The minimum absolute atomic E-state index is 0.00285. The Morgan fingerprint density at radius 3 is 3.11 bits per heavy atom. The number of nitriles is 1. The molecule has 0 aliphatic carbocycles. The van der Waals surface area contributed by atoms with Crippen LogP contribution in [0.25, 0.3) is 11.0 Å². The SMILES string of the molecule is N#Cc1c(F)ccc2nnn(C3CCCOC3)c12. The molecule has 0 bridgehead atoms. The predicted molar refractivity (Wildman–Crippen MR) is 61.3 cm³/mol. The summed E-state index contributed by atoms with van der Waals surface area (Å²) >= 11 is 0. The second kappa shape index (κ2) is 4.35. The van der Waals surface area contributed by atoms with Crippen molar-refractivity contribution >= 4 is 11.0 Å². The van der Waals surface area contributed by atoms with Crippen LogP contribution < -0.4 is 0 Å². The van der Waals surface area contributed by atoms with Crippen LogP contribution in [0, 0.1) is 17.1 Å². The molecule has 0 amide bonds. The molecule has 1 aromatic heterocycles. The van der Waals surface area contributed by atoms with Crippen LogP contribution in [0.15, 0.2) is 12.1 Å². The van der Waals surface area contributed by atoms with E-state index < -0.39 is 5.82 Å². The number of nitrogens with zero attached hydrogens (tertiary/aromatic N) is 4. The summed E-state index contributed by atoms with van der Waals surface area (Å²) in [7, 11) is 0. The van der Waals surface area contributed by atoms with Gasteiger partial charge >= 0.3 is 0 Å². The fourth-order valence-corrected chi connectivity index (χ4v) is 2.29. The summed E-state index contributed by atoms with van der Waals surface area (Å²) in [4.78, 5) is 0. The number of hydrogen-bond donors (Lipinski definition) is 0. The van der Waals surface area contributed by atoms with E-state index in [0.717, 1.165) is 19.4 Å². The van der Waals surface area contributed by atoms with Gasteiger partial charge in [0.25, 0.3) is 0 Å². The molecule has 0 saturated carbocycles. The summed E-state index contributed by atoms with van der Waals surface area (Å²) in [6.45, 7) is 1.27. The molecule has 92 valence electrons. The maximum atomic E-state index is 13.6. The van der Waals surface area contributed by atoms with Crippen LogP contribution in [0.3, 0.4) is 0 Å². The lowest BCUT2D eigenvalue weighted by atomic mass is 10.1. The van der Waals surface area contributed by atoms with Crippen molar-refractivity contribution in [1.82, 2.24) is 15.0 Å². The Bertz CT molecular complexity index is 625. The lowest BCUT2D eigenvalue weighted by Crippen LogP contribution is -2.22. The number of rotatable bonds is 1. The van der Waals surface area contributed by atoms with E-state index in [1.165, 1.54) is 6.07 Å². The molecule has 1 aliphatic heterocycles. The molecule has 2 aromatic rings. The van der Waals surface area contributed by atoms with Gasteiger partial charge in [-0.25, -0.2) is 9.07 Å². The Morgan fingerprint density at radius 2 is 2.39 bits per heavy atom. The van der Waals surface area contributed by atoms with E-state index in [-0.39, 0.29) is 11.6 Å². The monoisotopic (exact) mass is 246 g/mol. The first-order chi connectivity index (χ1) is 8.81. The second-order valence-electron chi connectivity index (χ2n) is 4.31. The highest BCUT2D eigenvalue weighted by atomic mass is 19.1. The van der Waals surface area contributed by atoms with E-state index in [2.05, 4.69) is 10.3 Å². The van der Waals surface area contributed by atoms with Gasteiger partial charge in [-0.05, 0) is 25.0 Å². The van der Waals surface area contributed by atoms with Gasteiger partial charge in [0.05, 0.1) is 12.6 Å². The Labute approximate surface area is 103 Å². The summed E-state index contributed by atoms with van der Waals surface area (Å²) in [6.07, 6.45) is 1.84. The van der Waals surface area contributed by atoms with Gasteiger partial charge in [0, 0.05) is 6.61 Å². The quantitative estimate of drug-likeness (QED) is 0.769. The predicted octanol–water partition coefficient (Wildman–Crippen LogP) is 1.79. The van der Waals surface area contributed by atoms with E-state index in [1.54, 1.807) is 10.7 Å². The van der Waals surface area contributed by atoms with Gasteiger partial charge in [-0.15, -0.1) is 5.10 Å². The van der Waals surface area contributed by atoms with Gasteiger partial charge in [-0.1, -0.05) is 5.21 Å². The van der Waals surface area contributed by atoms with E-state index in [4.69, 9.17) is 10.00 Å². The molecular weight excluding hydrogens is 235 g/mol. The highest BCUT2D eigenvalue weighted by Crippen LogP contribution is 2.26. The highest BCUT2D eigenvalue weighted by Gasteiger charge is 2.22. The van der Waals surface area contributed by atoms with Crippen LogP contribution in [0.5, 0.6) is 0 Å². The number of ether oxygens (including phenoxy) is 1. The maximum absolute atomic E-state index is 13.6. The summed E-state index contributed by atoms with van der Waals surface area (Å²) in [5.41, 5.74) is 1.01. The first kappa shape index (κ1) is 11.1. The third kappa shape index (κ3) is 1.64. The van der Waals surface area contributed by atoms with Crippen molar-refractivity contribution in [3.05, 3.63) is 23.5 Å². The van der Waals surface area contributed by atoms with Gasteiger partial charge in [0.2, 0.25) is 0 Å². The molecule has 6 heteroatoms. The molecular formula is C12H11FN4O. The van der Waals surface area contributed by atoms with Crippen LogP contribution in [0.4, 0.5) is 4.39 Å². The molecule has 3 rings (SSSR count). The summed E-state index contributed by atoms with van der Waals surface area (Å²) in [6, 6.07) is 4.70. The smallest absolute Gasteiger partial charge is 0.143 e. The lowest BCUT2D eigenvalue weighted by molar-refractivity contribution is 0.0558. The van der Waals surface area contributed by atoms with Crippen molar-refractivity contribution in [2.24, 2.45) is 0 Å². The molecule has 5 nitrogen and oxygen atoms in total. The van der Waals surface area contributed by atoms with Crippen LogP contribution in [-0.2, 0) is 4.74 Å². The molecule has 1 unspecified atom stereocenters. The standard InChI is InChI=1S/C12H11FN4O/c13-10-3-4-11-12(9(10)6-14)17(16-15-11)8-2-1-5-18-7-8/h3-4,8H,1-2,5,7H2. The molecule has 1 atom stereocenters. The van der Waals surface area contributed by atoms with Crippen molar-refractivity contribution in [3.63, 3.8) is 0 Å². The topological polar surface area (TPSA) is 63.7 Å². The van der Waals surface area contributed by atoms with Crippen molar-refractivity contribution in [3.8, 4) is 6.07 Å². The van der Waals surface area contributed by atoms with Crippen LogP contribution in [-0.4, -0.2) is 28.2 Å². The molecule has 1 saturated heterocycles. The van der Waals surface area contributed by atoms with Gasteiger partial charge in [-0.2, -0.15) is 5.26 Å². The largest absolute Gasteiger partial charge is 0.379 e. The van der Waals surface area contributed by atoms with Gasteiger partial charge < -0.3 is 4.74 Å². The normalized spacial score (nSPS) is 19.9. The molecule has 2 heterocycles. The van der Waals surface area contributed by atoms with Crippen LogP contribution in [0.1, 0.15) is 24.4 Å². The Balaban J connectivity index is 2.18. The zero-order valence-electron chi connectivity index (χ0n) is 9.64. The Morgan fingerprint density at radius 1 is 1.50 bits per heavy atom. The van der Waals surface area contributed by atoms with Crippen molar-refractivity contribution < 1.29 is 9.13 Å². The minimum atomic E-state index is -0.537. The minimum Gasteiger partial charge on any atom is -0.379 e. The molecule has 1 aromatic carbocycles. The Kier molecular flexibility index (Phi) is 2.68. The first-order valence-electron chi connectivity index (χ1n) is 5.82. The Hall–Kier alpha value is -2.00. The van der Waals surface area contributed by atoms with E-state index in [0.29, 0.717) is 17.6 Å². The van der Waals surface area contributed by atoms with Gasteiger partial charge in [-0.3, -0.25) is 0 Å². The summed E-state index contributed by atoms with van der Waals surface area (Å²) in [5, 5.41) is 17.1. The number of fused-ring (bicyclic) bond motifs is 1. The number of aromatic nitrogens is 3. The molecule has 0 spiro atoms. The average Bonchev–Trinajstić information content (AvgIpc) is 2.83. The lowest BCUT2D eigenvalue weighted by Gasteiger charge is -2.22. The van der Waals surface area contributed by atoms with Crippen molar-refractivity contribution in [2.45, 2.75) is 18.9 Å². The summed E-state index contributed by atoms with van der Waals surface area (Å²) in [5.74, 6) is -0.537. The van der Waals surface area contributed by atoms with E-state index in [9.17, 15) is 4.39 Å². The van der Waals surface area contributed by atoms with E-state index in [1.807, 2.05) is 6.07 Å². The zero-order valence-corrected chi connectivity index (χ0v) is 9.64. The highest BCUT2D eigenvalue weighted by molar-refractivity contribution is 5.81. The third-order valence-electron chi connectivity index (χ3n) is 3.18. The van der Waals surface area contributed by atoms with Gasteiger partial charge in [0.15, 0.2) is 0 Å². The zero-order chi connectivity index (χ0) is 12.5.